The van der Waals surface area contributed by atoms with E-state index in [1.165, 1.54) is 12.4 Å². The molecule has 0 radical (unpaired) electrons. The van der Waals surface area contributed by atoms with E-state index < -0.39 is 17.6 Å². The lowest BCUT2D eigenvalue weighted by atomic mass is 10.0. The van der Waals surface area contributed by atoms with Crippen LogP contribution in [-0.2, 0) is 11.0 Å². The first-order valence-electron chi connectivity index (χ1n) is 8.78. The number of nitrogens with zero attached hydrogens (tertiary/aromatic N) is 3. The van der Waals surface area contributed by atoms with Gasteiger partial charge in [-0.05, 0) is 42.8 Å². The molecule has 0 unspecified atom stereocenters. The second-order valence-electron chi connectivity index (χ2n) is 6.64. The van der Waals surface area contributed by atoms with Gasteiger partial charge in [0.1, 0.15) is 6.33 Å². The van der Waals surface area contributed by atoms with Crippen LogP contribution < -0.4 is 5.32 Å². The van der Waals surface area contributed by atoms with Crippen molar-refractivity contribution in [1.82, 2.24) is 9.97 Å². The zero-order chi connectivity index (χ0) is 20.6. The Morgan fingerprint density at radius 3 is 2.55 bits per heavy atom. The maximum absolute atomic E-state index is 13.0. The lowest BCUT2D eigenvalue weighted by molar-refractivity contribution is -0.137. The Labute approximate surface area is 164 Å². The van der Waals surface area contributed by atoms with Gasteiger partial charge in [-0.2, -0.15) is 13.2 Å². The summed E-state index contributed by atoms with van der Waals surface area (Å²) in [5.74, 6) is -0.426. The Morgan fingerprint density at radius 2 is 1.79 bits per heavy atom. The highest BCUT2D eigenvalue weighted by Gasteiger charge is 2.31. The fraction of sp³-hybridized carbons (Fsp3) is 0.143. The van der Waals surface area contributed by atoms with Gasteiger partial charge in [0.15, 0.2) is 0 Å². The molecule has 0 saturated carbocycles. The number of aromatic nitrogens is 2. The first kappa shape index (κ1) is 18.8. The van der Waals surface area contributed by atoms with E-state index in [-0.39, 0.29) is 17.8 Å². The number of aliphatic imine (C=N–C) groups is 1. The van der Waals surface area contributed by atoms with Gasteiger partial charge < -0.3 is 5.32 Å². The first-order chi connectivity index (χ1) is 13.8. The SMILES string of the molecule is Cc1cc(-c2cccc(C3=Nc4ccc(C(F)(F)F)cc4NC(=O)C3)c2)ncn1. The van der Waals surface area contributed by atoms with Crippen molar-refractivity contribution >= 4 is 23.0 Å². The van der Waals surface area contributed by atoms with Crippen LogP contribution in [0.1, 0.15) is 23.2 Å². The van der Waals surface area contributed by atoms with E-state index in [4.69, 9.17) is 0 Å². The van der Waals surface area contributed by atoms with Crippen molar-refractivity contribution in [3.63, 3.8) is 0 Å². The van der Waals surface area contributed by atoms with Crippen molar-refractivity contribution in [1.29, 1.82) is 0 Å². The van der Waals surface area contributed by atoms with Crippen LogP contribution >= 0.6 is 0 Å². The first-order valence-corrected chi connectivity index (χ1v) is 8.78. The number of hydrogen-bond acceptors (Lipinski definition) is 4. The maximum Gasteiger partial charge on any atom is 0.416 e. The summed E-state index contributed by atoms with van der Waals surface area (Å²) >= 11 is 0. The molecule has 146 valence electrons. The monoisotopic (exact) mass is 396 g/mol. The topological polar surface area (TPSA) is 67.2 Å². The number of benzene rings is 2. The third-order valence-electron chi connectivity index (χ3n) is 4.48. The number of aryl methyl sites for hydroxylation is 1. The number of carbonyl (C=O) groups excluding carboxylic acids is 1. The van der Waals surface area contributed by atoms with E-state index >= 15 is 0 Å². The summed E-state index contributed by atoms with van der Waals surface area (Å²) in [4.78, 5) is 25.1. The molecule has 0 bridgehead atoms. The van der Waals surface area contributed by atoms with Crippen LogP contribution in [0.3, 0.4) is 0 Å². The summed E-state index contributed by atoms with van der Waals surface area (Å²) in [5, 5.41) is 2.51. The molecule has 2 heterocycles. The molecule has 2 aromatic carbocycles. The Morgan fingerprint density at radius 1 is 1.00 bits per heavy atom. The van der Waals surface area contributed by atoms with Crippen LogP contribution in [0, 0.1) is 6.92 Å². The molecule has 1 aliphatic rings. The van der Waals surface area contributed by atoms with Crippen molar-refractivity contribution in [3.05, 3.63) is 71.7 Å². The molecular weight excluding hydrogens is 381 g/mol. The molecule has 0 aliphatic carbocycles. The van der Waals surface area contributed by atoms with Gasteiger partial charge in [-0.25, -0.2) is 9.97 Å². The summed E-state index contributed by atoms with van der Waals surface area (Å²) in [5.41, 5.74) is 3.03. The zero-order valence-electron chi connectivity index (χ0n) is 15.3. The number of alkyl halides is 3. The average Bonchev–Trinajstić information content (AvgIpc) is 2.84. The van der Waals surface area contributed by atoms with E-state index in [9.17, 15) is 18.0 Å². The number of halogens is 3. The predicted octanol–water partition coefficient (Wildman–Crippen LogP) is 4.93. The lowest BCUT2D eigenvalue weighted by Gasteiger charge is -2.10. The van der Waals surface area contributed by atoms with Crippen LogP contribution in [-0.4, -0.2) is 21.6 Å². The van der Waals surface area contributed by atoms with Crippen LogP contribution in [0.4, 0.5) is 24.5 Å². The Hall–Kier alpha value is -3.55. The van der Waals surface area contributed by atoms with Crippen LogP contribution in [0.5, 0.6) is 0 Å². The Kier molecular flexibility index (Phi) is 4.62. The molecule has 8 heteroatoms. The molecule has 1 aromatic heterocycles. The third kappa shape index (κ3) is 4.01. The third-order valence-corrected chi connectivity index (χ3v) is 4.48. The van der Waals surface area contributed by atoms with Crippen LogP contribution in [0.2, 0.25) is 0 Å². The summed E-state index contributed by atoms with van der Waals surface area (Å²) in [6.45, 7) is 1.86. The molecule has 1 amide bonds. The normalized spacial score (nSPS) is 13.9. The zero-order valence-corrected chi connectivity index (χ0v) is 15.3. The minimum absolute atomic E-state index is 0.0439. The molecule has 0 atom stereocenters. The van der Waals surface area contributed by atoms with Gasteiger partial charge >= 0.3 is 6.18 Å². The molecule has 5 nitrogen and oxygen atoms in total. The highest BCUT2D eigenvalue weighted by atomic mass is 19.4. The largest absolute Gasteiger partial charge is 0.416 e. The molecule has 0 fully saturated rings. The summed E-state index contributed by atoms with van der Waals surface area (Å²) < 4.78 is 38.9. The van der Waals surface area contributed by atoms with E-state index in [1.807, 2.05) is 31.2 Å². The molecular formula is C21H15F3N4O. The highest BCUT2D eigenvalue weighted by molar-refractivity contribution is 6.17. The molecule has 3 aromatic rings. The number of rotatable bonds is 2. The Bertz CT molecular complexity index is 1140. The molecule has 0 spiro atoms. The van der Waals surface area contributed by atoms with Crippen molar-refractivity contribution in [2.45, 2.75) is 19.5 Å². The maximum atomic E-state index is 13.0. The minimum Gasteiger partial charge on any atom is -0.324 e. The average molecular weight is 396 g/mol. The molecule has 4 rings (SSSR count). The lowest BCUT2D eigenvalue weighted by Crippen LogP contribution is -2.15. The van der Waals surface area contributed by atoms with Gasteiger partial charge in [0, 0.05) is 11.3 Å². The molecule has 1 aliphatic heterocycles. The predicted molar refractivity (Wildman–Crippen MR) is 103 cm³/mol. The molecule has 29 heavy (non-hydrogen) atoms. The van der Waals surface area contributed by atoms with Gasteiger partial charge in [0.05, 0.1) is 34.8 Å². The van der Waals surface area contributed by atoms with Gasteiger partial charge in [0.25, 0.3) is 0 Å². The van der Waals surface area contributed by atoms with Crippen molar-refractivity contribution in [2.24, 2.45) is 4.99 Å². The van der Waals surface area contributed by atoms with Crippen LogP contribution in [0.15, 0.2) is 59.9 Å². The Balaban J connectivity index is 1.76. The van der Waals surface area contributed by atoms with Gasteiger partial charge in [-0.3, -0.25) is 9.79 Å². The number of fused-ring (bicyclic) bond motifs is 1. The fourth-order valence-electron chi connectivity index (χ4n) is 3.08. The van der Waals surface area contributed by atoms with E-state index in [1.54, 1.807) is 6.07 Å². The summed E-state index contributed by atoms with van der Waals surface area (Å²) in [7, 11) is 0. The highest BCUT2D eigenvalue weighted by Crippen LogP contribution is 2.36. The van der Waals surface area contributed by atoms with Gasteiger partial charge in [0.2, 0.25) is 5.91 Å². The number of anilines is 1. The minimum atomic E-state index is -4.50. The quantitative estimate of drug-likeness (QED) is 0.668. The van der Waals surface area contributed by atoms with Crippen LogP contribution in [0.25, 0.3) is 11.3 Å². The second-order valence-corrected chi connectivity index (χ2v) is 6.64. The second kappa shape index (κ2) is 7.12. The van der Waals surface area contributed by atoms with Crippen molar-refractivity contribution < 1.29 is 18.0 Å². The standard InChI is InChI=1S/C21H15F3N4O/c1-12-7-17(26-11-25-12)13-3-2-4-14(8-13)18-10-20(29)28-19-9-15(21(22,23)24)5-6-16(19)27-18/h2-9,11H,10H2,1H3,(H,28,29). The molecule has 0 saturated heterocycles. The summed E-state index contributed by atoms with van der Waals surface area (Å²) in [6, 6.07) is 12.3. The number of carbonyl (C=O) groups is 1. The van der Waals surface area contributed by atoms with E-state index in [0.717, 1.165) is 29.1 Å². The van der Waals surface area contributed by atoms with E-state index in [0.29, 0.717) is 11.3 Å². The smallest absolute Gasteiger partial charge is 0.324 e. The van der Waals surface area contributed by atoms with Gasteiger partial charge in [-0.15, -0.1) is 0 Å². The summed E-state index contributed by atoms with van der Waals surface area (Å²) in [6.07, 6.45) is -3.08. The molecule has 1 N–H and O–H groups in total. The van der Waals surface area contributed by atoms with E-state index in [2.05, 4.69) is 20.3 Å². The number of hydrogen-bond donors (Lipinski definition) is 1. The van der Waals surface area contributed by atoms with Crippen molar-refractivity contribution in [2.75, 3.05) is 5.32 Å². The number of nitrogens with one attached hydrogen (secondary N) is 1. The fourth-order valence-corrected chi connectivity index (χ4v) is 3.08. The number of amides is 1. The van der Waals surface area contributed by atoms with Gasteiger partial charge in [-0.1, -0.05) is 18.2 Å². The van der Waals surface area contributed by atoms with Crippen molar-refractivity contribution in [3.8, 4) is 11.3 Å².